The fourth-order valence-electron chi connectivity index (χ4n) is 1.73. The smallest absolute Gasteiger partial charge is 0.0406 e. The molecule has 3 heteroatoms. The molecule has 0 heterocycles. The van der Waals surface area contributed by atoms with Crippen LogP contribution in [-0.2, 0) is 0 Å². The number of rotatable bonds is 4. The summed E-state index contributed by atoms with van der Waals surface area (Å²) < 4.78 is 0. The highest BCUT2D eigenvalue weighted by Gasteiger charge is 2.09. The zero-order valence-corrected chi connectivity index (χ0v) is 11.8. The lowest BCUT2D eigenvalue weighted by molar-refractivity contribution is 0.685. The van der Waals surface area contributed by atoms with Crippen LogP contribution in [0.5, 0.6) is 0 Å². The standard InChI is InChI=1S/C15H16ClNS/c1-2-14(17)13-5-3-4-6-15(13)18-12-9-7-11(16)8-10-12/h3-10,14H,2,17H2,1H3/t14-/m1/s1. The predicted octanol–water partition coefficient (Wildman–Crippen LogP) is 4.90. The zero-order valence-electron chi connectivity index (χ0n) is 10.3. The van der Waals surface area contributed by atoms with E-state index in [1.807, 2.05) is 36.4 Å². The molecule has 0 bridgehead atoms. The highest BCUT2D eigenvalue weighted by molar-refractivity contribution is 7.99. The van der Waals surface area contributed by atoms with Crippen molar-refractivity contribution in [1.29, 1.82) is 0 Å². The van der Waals surface area contributed by atoms with E-state index >= 15 is 0 Å². The number of nitrogens with two attached hydrogens (primary N) is 1. The van der Waals surface area contributed by atoms with E-state index in [-0.39, 0.29) is 6.04 Å². The van der Waals surface area contributed by atoms with Crippen molar-refractivity contribution < 1.29 is 0 Å². The lowest BCUT2D eigenvalue weighted by atomic mass is 10.1. The van der Waals surface area contributed by atoms with Crippen molar-refractivity contribution in [3.05, 3.63) is 59.1 Å². The molecule has 18 heavy (non-hydrogen) atoms. The SMILES string of the molecule is CC[C@@H](N)c1ccccc1Sc1ccc(Cl)cc1. The minimum absolute atomic E-state index is 0.0981. The Hall–Kier alpha value is -0.960. The summed E-state index contributed by atoms with van der Waals surface area (Å²) in [6.07, 6.45) is 0.943. The predicted molar refractivity (Wildman–Crippen MR) is 79.2 cm³/mol. The van der Waals surface area contributed by atoms with Gasteiger partial charge in [-0.15, -0.1) is 0 Å². The van der Waals surface area contributed by atoms with Crippen LogP contribution in [0.3, 0.4) is 0 Å². The minimum Gasteiger partial charge on any atom is -0.324 e. The van der Waals surface area contributed by atoms with Gasteiger partial charge < -0.3 is 5.73 Å². The third kappa shape index (κ3) is 3.29. The summed E-state index contributed by atoms with van der Waals surface area (Å²) in [5.74, 6) is 0. The van der Waals surface area contributed by atoms with Crippen LogP contribution >= 0.6 is 23.4 Å². The molecule has 0 saturated carbocycles. The first-order valence-corrected chi connectivity index (χ1v) is 7.18. The second-order valence-electron chi connectivity index (χ2n) is 4.11. The zero-order chi connectivity index (χ0) is 13.0. The normalized spacial score (nSPS) is 12.4. The molecule has 1 nitrogen and oxygen atoms in total. The first-order chi connectivity index (χ1) is 8.70. The average Bonchev–Trinajstić information content (AvgIpc) is 2.41. The summed E-state index contributed by atoms with van der Waals surface area (Å²) in [6.45, 7) is 2.11. The van der Waals surface area contributed by atoms with E-state index in [1.165, 1.54) is 15.4 Å². The Kier molecular flexibility index (Phi) is 4.70. The quantitative estimate of drug-likeness (QED) is 0.860. The summed E-state index contributed by atoms with van der Waals surface area (Å²) >= 11 is 7.62. The van der Waals surface area contributed by atoms with Gasteiger partial charge in [0.05, 0.1) is 0 Å². The van der Waals surface area contributed by atoms with Gasteiger partial charge in [-0.3, -0.25) is 0 Å². The van der Waals surface area contributed by atoms with Gasteiger partial charge in [-0.05, 0) is 42.3 Å². The Morgan fingerprint density at radius 3 is 2.44 bits per heavy atom. The molecule has 0 aromatic heterocycles. The molecule has 2 rings (SSSR count). The maximum Gasteiger partial charge on any atom is 0.0406 e. The van der Waals surface area contributed by atoms with Crippen molar-refractivity contribution in [2.24, 2.45) is 5.73 Å². The van der Waals surface area contributed by atoms with E-state index in [2.05, 4.69) is 19.1 Å². The van der Waals surface area contributed by atoms with Crippen LogP contribution in [0.25, 0.3) is 0 Å². The first-order valence-electron chi connectivity index (χ1n) is 5.98. The number of benzene rings is 2. The van der Waals surface area contributed by atoms with E-state index in [9.17, 15) is 0 Å². The largest absolute Gasteiger partial charge is 0.324 e. The van der Waals surface area contributed by atoms with Crippen LogP contribution in [0.2, 0.25) is 5.02 Å². The number of hydrogen-bond acceptors (Lipinski definition) is 2. The molecule has 0 fully saturated rings. The van der Waals surface area contributed by atoms with Gasteiger partial charge in [0.2, 0.25) is 0 Å². The summed E-state index contributed by atoms with van der Waals surface area (Å²) in [6, 6.07) is 16.3. The Morgan fingerprint density at radius 1 is 1.11 bits per heavy atom. The van der Waals surface area contributed by atoms with Gasteiger partial charge in [0.1, 0.15) is 0 Å². The highest BCUT2D eigenvalue weighted by Crippen LogP contribution is 2.33. The van der Waals surface area contributed by atoms with Gasteiger partial charge in [-0.1, -0.05) is 48.5 Å². The molecule has 0 spiro atoms. The lowest BCUT2D eigenvalue weighted by Gasteiger charge is -2.14. The van der Waals surface area contributed by atoms with E-state index in [0.29, 0.717) is 0 Å². The molecule has 0 aliphatic rings. The molecular formula is C15H16ClNS. The van der Waals surface area contributed by atoms with E-state index in [4.69, 9.17) is 17.3 Å². The topological polar surface area (TPSA) is 26.0 Å². The third-order valence-corrected chi connectivity index (χ3v) is 4.15. The van der Waals surface area contributed by atoms with Crippen molar-refractivity contribution >= 4 is 23.4 Å². The van der Waals surface area contributed by atoms with Gasteiger partial charge >= 0.3 is 0 Å². The van der Waals surface area contributed by atoms with Gasteiger partial charge in [0, 0.05) is 20.9 Å². The maximum absolute atomic E-state index is 6.14. The van der Waals surface area contributed by atoms with Crippen LogP contribution in [0.15, 0.2) is 58.3 Å². The summed E-state index contributed by atoms with van der Waals surface area (Å²) in [5, 5.41) is 0.762. The van der Waals surface area contributed by atoms with Crippen molar-refractivity contribution in [2.45, 2.75) is 29.2 Å². The van der Waals surface area contributed by atoms with Gasteiger partial charge in [-0.25, -0.2) is 0 Å². The second-order valence-corrected chi connectivity index (χ2v) is 5.66. The Bertz CT molecular complexity index is 510. The van der Waals surface area contributed by atoms with Crippen LogP contribution in [-0.4, -0.2) is 0 Å². The van der Waals surface area contributed by atoms with E-state index in [0.717, 1.165) is 11.4 Å². The Balaban J connectivity index is 2.26. The van der Waals surface area contributed by atoms with Crippen LogP contribution in [0.1, 0.15) is 24.9 Å². The molecule has 1 atom stereocenters. The van der Waals surface area contributed by atoms with Crippen LogP contribution in [0, 0.1) is 0 Å². The molecular weight excluding hydrogens is 262 g/mol. The molecule has 2 aromatic rings. The number of halogens is 1. The third-order valence-electron chi connectivity index (χ3n) is 2.80. The van der Waals surface area contributed by atoms with Crippen LogP contribution < -0.4 is 5.73 Å². The summed E-state index contributed by atoms with van der Waals surface area (Å²) in [7, 11) is 0. The van der Waals surface area contributed by atoms with Crippen molar-refractivity contribution in [3.8, 4) is 0 Å². The van der Waals surface area contributed by atoms with Crippen molar-refractivity contribution in [1.82, 2.24) is 0 Å². The minimum atomic E-state index is 0.0981. The monoisotopic (exact) mass is 277 g/mol. The maximum atomic E-state index is 6.14. The lowest BCUT2D eigenvalue weighted by Crippen LogP contribution is -2.09. The molecule has 2 aromatic carbocycles. The average molecular weight is 278 g/mol. The number of hydrogen-bond donors (Lipinski definition) is 1. The second kappa shape index (κ2) is 6.28. The van der Waals surface area contributed by atoms with E-state index < -0.39 is 0 Å². The van der Waals surface area contributed by atoms with E-state index in [1.54, 1.807) is 11.8 Å². The van der Waals surface area contributed by atoms with Gasteiger partial charge in [0.15, 0.2) is 0 Å². The molecule has 0 aliphatic heterocycles. The van der Waals surface area contributed by atoms with Crippen molar-refractivity contribution in [2.75, 3.05) is 0 Å². The molecule has 0 aliphatic carbocycles. The fourth-order valence-corrected chi connectivity index (χ4v) is 2.87. The molecule has 0 unspecified atom stereocenters. The molecule has 0 radical (unpaired) electrons. The summed E-state index contributed by atoms with van der Waals surface area (Å²) in [5.41, 5.74) is 7.35. The Morgan fingerprint density at radius 2 is 1.78 bits per heavy atom. The van der Waals surface area contributed by atoms with Gasteiger partial charge in [-0.2, -0.15) is 0 Å². The highest BCUT2D eigenvalue weighted by atomic mass is 35.5. The van der Waals surface area contributed by atoms with Gasteiger partial charge in [0.25, 0.3) is 0 Å². The molecule has 94 valence electrons. The van der Waals surface area contributed by atoms with Crippen LogP contribution in [0.4, 0.5) is 0 Å². The van der Waals surface area contributed by atoms with Crippen molar-refractivity contribution in [3.63, 3.8) is 0 Å². The Labute approximate surface area is 117 Å². The molecule has 0 saturated heterocycles. The summed E-state index contributed by atoms with van der Waals surface area (Å²) in [4.78, 5) is 2.39. The first kappa shape index (κ1) is 13.5. The molecule has 0 amide bonds. The fraction of sp³-hybridized carbons (Fsp3) is 0.200. The molecule has 2 N–H and O–H groups in total.